The van der Waals surface area contributed by atoms with Gasteiger partial charge < -0.3 is 19.7 Å². The number of rotatable bonds is 10. The third-order valence-corrected chi connectivity index (χ3v) is 8.11. The van der Waals surface area contributed by atoms with Crippen LogP contribution in [0.15, 0.2) is 41.3 Å². The second kappa shape index (κ2) is 10.6. The van der Waals surface area contributed by atoms with Crippen LogP contribution in [-0.4, -0.2) is 45.6 Å². The average molecular weight is 516 g/mol. The van der Waals surface area contributed by atoms with Crippen LogP contribution in [0.5, 0.6) is 0 Å². The summed E-state index contributed by atoms with van der Waals surface area (Å²) in [5.41, 5.74) is 1.02. The lowest BCUT2D eigenvalue weighted by atomic mass is 9.69. The first-order valence-corrected chi connectivity index (χ1v) is 12.9. The van der Waals surface area contributed by atoms with E-state index in [0.717, 1.165) is 31.7 Å². The quantitative estimate of drug-likeness (QED) is 0.399. The number of halogens is 3. The standard InChI is InChI=1S/C28H32F3N3O3/c29-20-3-4-22(30)19(16-20)2-1-13-33-27-9-11-28(12-10-27,37-18-27)8-7-21-23(31)17-32-24-5-6-25(36)34(14-15-35)26(21)24/h3-6,16-17,33,35H,1-2,7-15,18H2. The Bertz CT molecular complexity index is 1320. The second-order valence-electron chi connectivity index (χ2n) is 10.4. The van der Waals surface area contributed by atoms with Crippen molar-refractivity contribution in [1.29, 1.82) is 0 Å². The fourth-order valence-corrected chi connectivity index (χ4v) is 5.90. The van der Waals surface area contributed by atoms with Crippen LogP contribution in [0.1, 0.15) is 49.7 Å². The molecule has 3 fully saturated rings. The third-order valence-electron chi connectivity index (χ3n) is 8.11. The molecule has 2 saturated heterocycles. The Hall–Kier alpha value is -2.75. The molecule has 2 N–H and O–H groups in total. The van der Waals surface area contributed by atoms with E-state index in [0.29, 0.717) is 61.0 Å². The molecule has 6 nitrogen and oxygen atoms in total. The van der Waals surface area contributed by atoms with Gasteiger partial charge in [-0.1, -0.05) is 0 Å². The molecule has 3 aliphatic rings. The van der Waals surface area contributed by atoms with Crippen molar-refractivity contribution in [1.82, 2.24) is 14.9 Å². The number of hydrogen-bond acceptors (Lipinski definition) is 5. The van der Waals surface area contributed by atoms with Crippen molar-refractivity contribution >= 4 is 11.0 Å². The highest BCUT2D eigenvalue weighted by Crippen LogP contribution is 2.46. The summed E-state index contributed by atoms with van der Waals surface area (Å²) in [6.45, 7) is 1.09. The first kappa shape index (κ1) is 25.9. The van der Waals surface area contributed by atoms with Gasteiger partial charge in [0.15, 0.2) is 0 Å². The molecule has 0 amide bonds. The van der Waals surface area contributed by atoms with Crippen molar-refractivity contribution in [2.75, 3.05) is 19.8 Å². The molecule has 6 rings (SSSR count). The Morgan fingerprint density at radius 2 is 1.86 bits per heavy atom. The summed E-state index contributed by atoms with van der Waals surface area (Å²) >= 11 is 0. The number of ether oxygens (including phenoxy) is 1. The van der Waals surface area contributed by atoms with Crippen LogP contribution in [0.3, 0.4) is 0 Å². The normalized spacial score (nSPS) is 23.1. The predicted octanol–water partition coefficient (Wildman–Crippen LogP) is 4.04. The van der Waals surface area contributed by atoms with Crippen LogP contribution >= 0.6 is 0 Å². The minimum Gasteiger partial charge on any atom is -0.395 e. The molecule has 2 aliphatic heterocycles. The van der Waals surface area contributed by atoms with Crippen molar-refractivity contribution in [3.05, 3.63) is 75.5 Å². The Labute approximate surface area is 213 Å². The van der Waals surface area contributed by atoms with Crippen molar-refractivity contribution in [3.8, 4) is 0 Å². The Morgan fingerprint density at radius 3 is 2.59 bits per heavy atom. The topological polar surface area (TPSA) is 76.4 Å². The largest absolute Gasteiger partial charge is 0.395 e. The van der Waals surface area contributed by atoms with Crippen LogP contribution in [0.25, 0.3) is 11.0 Å². The fraction of sp³-hybridized carbons (Fsp3) is 0.500. The molecule has 1 saturated carbocycles. The highest BCUT2D eigenvalue weighted by molar-refractivity contribution is 5.78. The number of aliphatic hydroxyl groups is 1. The maximum absolute atomic E-state index is 14.9. The van der Waals surface area contributed by atoms with Crippen LogP contribution in [-0.2, 0) is 24.1 Å². The SMILES string of the molecule is O=c1ccc2ncc(F)c(CCC34CCC(NCCCc5cc(F)ccc5F)(CC3)CO4)c2n1CCO. The van der Waals surface area contributed by atoms with E-state index in [2.05, 4.69) is 10.3 Å². The zero-order valence-electron chi connectivity index (χ0n) is 20.7. The van der Waals surface area contributed by atoms with Crippen molar-refractivity contribution in [2.45, 2.75) is 69.1 Å². The van der Waals surface area contributed by atoms with Crippen LogP contribution < -0.4 is 10.9 Å². The molecule has 37 heavy (non-hydrogen) atoms. The van der Waals surface area contributed by atoms with E-state index in [1.54, 1.807) is 6.07 Å². The molecule has 198 valence electrons. The van der Waals surface area contributed by atoms with Crippen molar-refractivity contribution in [2.24, 2.45) is 0 Å². The summed E-state index contributed by atoms with van der Waals surface area (Å²) in [5, 5.41) is 13.0. The maximum atomic E-state index is 14.9. The molecule has 1 aliphatic carbocycles. The summed E-state index contributed by atoms with van der Waals surface area (Å²) in [6, 6.07) is 6.53. The Kier molecular flexibility index (Phi) is 7.38. The first-order valence-electron chi connectivity index (χ1n) is 12.9. The Morgan fingerprint density at radius 1 is 1.05 bits per heavy atom. The number of pyridine rings is 2. The zero-order chi connectivity index (χ0) is 26.0. The number of aryl methyl sites for hydroxylation is 2. The highest BCUT2D eigenvalue weighted by Gasteiger charge is 2.49. The fourth-order valence-electron chi connectivity index (χ4n) is 5.90. The lowest BCUT2D eigenvalue weighted by Gasteiger charge is -2.54. The molecule has 3 aromatic rings. The summed E-state index contributed by atoms with van der Waals surface area (Å²) in [6.07, 6.45) is 6.91. The summed E-state index contributed by atoms with van der Waals surface area (Å²) in [7, 11) is 0. The molecular formula is C28H32F3N3O3. The molecule has 4 heterocycles. The lowest BCUT2D eigenvalue weighted by molar-refractivity contribution is -0.165. The molecular weight excluding hydrogens is 483 g/mol. The molecule has 9 heteroatoms. The van der Waals surface area contributed by atoms with E-state index in [1.165, 1.54) is 29.0 Å². The van der Waals surface area contributed by atoms with Gasteiger partial charge in [-0.15, -0.1) is 0 Å². The van der Waals surface area contributed by atoms with Crippen LogP contribution in [0.2, 0.25) is 0 Å². The van der Waals surface area contributed by atoms with Crippen molar-refractivity contribution < 1.29 is 23.0 Å². The number of fused-ring (bicyclic) bond motifs is 4. The van der Waals surface area contributed by atoms with E-state index >= 15 is 0 Å². The molecule has 0 unspecified atom stereocenters. The first-order chi connectivity index (χ1) is 17.8. The van der Waals surface area contributed by atoms with Gasteiger partial charge in [0, 0.05) is 23.7 Å². The van der Waals surface area contributed by atoms with E-state index in [4.69, 9.17) is 4.74 Å². The van der Waals surface area contributed by atoms with Gasteiger partial charge in [-0.25, -0.2) is 13.2 Å². The van der Waals surface area contributed by atoms with Gasteiger partial charge in [-0.05, 0) is 87.7 Å². The smallest absolute Gasteiger partial charge is 0.251 e. The molecule has 2 aromatic heterocycles. The minimum atomic E-state index is -0.460. The molecule has 2 bridgehead atoms. The van der Waals surface area contributed by atoms with Gasteiger partial charge in [0.25, 0.3) is 5.56 Å². The van der Waals surface area contributed by atoms with Crippen LogP contribution in [0.4, 0.5) is 13.2 Å². The van der Waals surface area contributed by atoms with Crippen molar-refractivity contribution in [3.63, 3.8) is 0 Å². The molecule has 0 atom stereocenters. The second-order valence-corrected chi connectivity index (χ2v) is 10.4. The van der Waals surface area contributed by atoms with E-state index in [-0.39, 0.29) is 35.7 Å². The average Bonchev–Trinajstić information content (AvgIpc) is 2.91. The minimum absolute atomic E-state index is 0.0794. The van der Waals surface area contributed by atoms with Gasteiger partial charge in [0.1, 0.15) is 17.5 Å². The summed E-state index contributed by atoms with van der Waals surface area (Å²) < 4.78 is 50.0. The zero-order valence-corrected chi connectivity index (χ0v) is 20.7. The van der Waals surface area contributed by atoms with E-state index in [9.17, 15) is 23.1 Å². The number of hydrogen-bond donors (Lipinski definition) is 2. The van der Waals surface area contributed by atoms with E-state index in [1.807, 2.05) is 0 Å². The number of nitrogens with zero attached hydrogens (tertiary/aromatic N) is 2. The molecule has 1 aromatic carbocycles. The van der Waals surface area contributed by atoms with Gasteiger partial charge >= 0.3 is 0 Å². The van der Waals surface area contributed by atoms with Gasteiger partial charge in [0.2, 0.25) is 0 Å². The predicted molar refractivity (Wildman–Crippen MR) is 134 cm³/mol. The number of nitrogens with one attached hydrogen (secondary N) is 1. The lowest BCUT2D eigenvalue weighted by Crippen LogP contribution is -2.61. The number of aromatic nitrogens is 2. The van der Waals surface area contributed by atoms with Gasteiger partial charge in [-0.2, -0.15) is 0 Å². The number of aliphatic hydroxyl groups excluding tert-OH is 1. The van der Waals surface area contributed by atoms with E-state index < -0.39 is 11.6 Å². The summed E-state index contributed by atoms with van der Waals surface area (Å²) in [4.78, 5) is 16.6. The van der Waals surface area contributed by atoms with Crippen LogP contribution in [0, 0.1) is 17.5 Å². The maximum Gasteiger partial charge on any atom is 0.251 e. The molecule has 0 spiro atoms. The monoisotopic (exact) mass is 515 g/mol. The van der Waals surface area contributed by atoms with Gasteiger partial charge in [-0.3, -0.25) is 9.78 Å². The third kappa shape index (κ3) is 5.30. The number of benzene rings is 1. The highest BCUT2D eigenvalue weighted by atomic mass is 19.1. The summed E-state index contributed by atoms with van der Waals surface area (Å²) in [5.74, 6) is -1.27. The molecule has 0 radical (unpaired) electrons. The Balaban J connectivity index is 1.21. The van der Waals surface area contributed by atoms with Gasteiger partial charge in [0.05, 0.1) is 36.0 Å².